The molecule has 2 heterocycles. The van der Waals surface area contributed by atoms with Gasteiger partial charge in [-0.15, -0.1) is 0 Å². The number of allylic oxidation sites excluding steroid dienone is 1. The van der Waals surface area contributed by atoms with Crippen molar-refractivity contribution in [3.8, 4) is 0 Å². The molecule has 140 valence electrons. The van der Waals surface area contributed by atoms with Gasteiger partial charge in [0.15, 0.2) is 5.78 Å². The summed E-state index contributed by atoms with van der Waals surface area (Å²) in [7, 11) is 0. The second kappa shape index (κ2) is 7.24. The molecule has 0 fully saturated rings. The molecule has 1 unspecified atom stereocenters. The highest BCUT2D eigenvalue weighted by atomic mass is 32.1. The van der Waals surface area contributed by atoms with Crippen molar-refractivity contribution < 1.29 is 4.79 Å². The van der Waals surface area contributed by atoms with Gasteiger partial charge in [0.2, 0.25) is 4.74 Å². The summed E-state index contributed by atoms with van der Waals surface area (Å²) < 4.78 is -0.0783. The van der Waals surface area contributed by atoms with Crippen LogP contribution < -0.4 is 4.74 Å². The number of fused-ring (bicyclic) bond motifs is 1. The standard InChI is InChI=1S/C23H20N2O2S/c1-13-8-14(2)18(19(9-13)20-10-15(3)24-25-20)12-21(26)22-11-16-6-4-5-7-17(16)23(27)28-22/h4-11,20H,12H2,1-3H3. The van der Waals surface area contributed by atoms with Crippen LogP contribution >= 0.6 is 11.3 Å². The SMILES string of the molecule is CC1=CC(c2cc(C)cc(C)c2CC(=O)c2cc3ccccc3c(=O)s2)N=N1. The first-order valence-electron chi connectivity index (χ1n) is 9.18. The summed E-state index contributed by atoms with van der Waals surface area (Å²) in [5.41, 5.74) is 5.06. The lowest BCUT2D eigenvalue weighted by molar-refractivity contribution is 0.0996. The maximum absolute atomic E-state index is 13.1. The third-order valence-corrected chi connectivity index (χ3v) is 5.96. The van der Waals surface area contributed by atoms with E-state index < -0.39 is 0 Å². The largest absolute Gasteiger partial charge is 0.293 e. The maximum Gasteiger partial charge on any atom is 0.240 e. The number of azo groups is 1. The number of carbonyl (C=O) groups is 1. The fourth-order valence-electron chi connectivity index (χ4n) is 3.66. The van der Waals surface area contributed by atoms with Crippen LogP contribution in [-0.2, 0) is 6.42 Å². The molecule has 1 aliphatic heterocycles. The molecule has 1 atom stereocenters. The molecule has 4 nitrogen and oxygen atoms in total. The molecule has 1 aromatic heterocycles. The van der Waals surface area contributed by atoms with Gasteiger partial charge in [0.1, 0.15) is 6.04 Å². The van der Waals surface area contributed by atoms with Gasteiger partial charge in [-0.25, -0.2) is 0 Å². The molecule has 0 spiro atoms. The van der Waals surface area contributed by atoms with Crippen LogP contribution in [0.15, 0.2) is 69.3 Å². The van der Waals surface area contributed by atoms with Gasteiger partial charge in [-0.05, 0) is 61.1 Å². The molecular weight excluding hydrogens is 368 g/mol. The topological polar surface area (TPSA) is 58.9 Å². The molecule has 4 rings (SSSR count). The van der Waals surface area contributed by atoms with Crippen molar-refractivity contribution in [3.63, 3.8) is 0 Å². The zero-order chi connectivity index (χ0) is 19.8. The van der Waals surface area contributed by atoms with E-state index in [-0.39, 0.29) is 23.0 Å². The number of carbonyl (C=O) groups excluding carboxylic acids is 1. The minimum absolute atomic E-state index is 0.0447. The van der Waals surface area contributed by atoms with Crippen molar-refractivity contribution >= 4 is 27.9 Å². The highest BCUT2D eigenvalue weighted by molar-refractivity contribution is 7.12. The van der Waals surface area contributed by atoms with Crippen LogP contribution in [0.2, 0.25) is 0 Å². The maximum atomic E-state index is 13.1. The van der Waals surface area contributed by atoms with Crippen molar-refractivity contribution in [2.75, 3.05) is 0 Å². The molecule has 28 heavy (non-hydrogen) atoms. The van der Waals surface area contributed by atoms with Crippen molar-refractivity contribution in [1.29, 1.82) is 0 Å². The zero-order valence-corrected chi connectivity index (χ0v) is 16.8. The number of benzene rings is 2. The van der Waals surface area contributed by atoms with E-state index in [9.17, 15) is 9.59 Å². The highest BCUT2D eigenvalue weighted by Crippen LogP contribution is 2.32. The molecule has 5 heteroatoms. The Morgan fingerprint density at radius 2 is 1.89 bits per heavy atom. The van der Waals surface area contributed by atoms with Crippen LogP contribution in [0.1, 0.15) is 44.9 Å². The van der Waals surface area contributed by atoms with Gasteiger partial charge >= 0.3 is 0 Å². The molecule has 0 saturated heterocycles. The van der Waals surface area contributed by atoms with E-state index in [1.165, 1.54) is 0 Å². The molecule has 0 radical (unpaired) electrons. The minimum Gasteiger partial charge on any atom is -0.293 e. The summed E-state index contributed by atoms with van der Waals surface area (Å²) >= 11 is 1.02. The third kappa shape index (κ3) is 3.45. The van der Waals surface area contributed by atoms with Gasteiger partial charge in [-0.3, -0.25) is 9.59 Å². The van der Waals surface area contributed by atoms with Gasteiger partial charge in [0.25, 0.3) is 0 Å². The van der Waals surface area contributed by atoms with Crippen LogP contribution in [0.5, 0.6) is 0 Å². The average molecular weight is 388 g/mol. The Morgan fingerprint density at radius 1 is 1.11 bits per heavy atom. The molecular formula is C23H20N2O2S. The first kappa shape index (κ1) is 18.4. The van der Waals surface area contributed by atoms with Gasteiger partial charge in [-0.1, -0.05) is 47.2 Å². The first-order valence-corrected chi connectivity index (χ1v) is 9.99. The van der Waals surface area contributed by atoms with Crippen molar-refractivity contribution in [1.82, 2.24) is 0 Å². The molecule has 0 amide bonds. The number of hydrogen-bond donors (Lipinski definition) is 0. The Hall–Kier alpha value is -2.92. The minimum atomic E-state index is -0.156. The molecule has 2 aromatic carbocycles. The fraction of sp³-hybridized carbons (Fsp3) is 0.217. The highest BCUT2D eigenvalue weighted by Gasteiger charge is 2.21. The van der Waals surface area contributed by atoms with Crippen molar-refractivity contribution in [3.05, 3.63) is 90.9 Å². The second-order valence-corrected chi connectivity index (χ2v) is 8.22. The lowest BCUT2D eigenvalue weighted by atomic mass is 9.90. The third-order valence-electron chi connectivity index (χ3n) is 4.99. The summed E-state index contributed by atoms with van der Waals surface area (Å²) in [5.74, 6) is -0.0447. The van der Waals surface area contributed by atoms with E-state index in [1.807, 2.05) is 51.1 Å². The van der Waals surface area contributed by atoms with E-state index in [2.05, 4.69) is 22.4 Å². The summed E-state index contributed by atoms with van der Waals surface area (Å²) in [6.07, 6.45) is 2.26. The predicted octanol–water partition coefficient (Wildman–Crippen LogP) is 5.71. The van der Waals surface area contributed by atoms with E-state index >= 15 is 0 Å². The van der Waals surface area contributed by atoms with E-state index in [0.717, 1.165) is 44.7 Å². The zero-order valence-electron chi connectivity index (χ0n) is 16.0. The Labute approximate surface area is 167 Å². The quantitative estimate of drug-likeness (QED) is 0.537. The number of aryl methyl sites for hydroxylation is 2. The molecule has 0 saturated carbocycles. The Balaban J connectivity index is 1.74. The molecule has 0 bridgehead atoms. The average Bonchev–Trinajstić information content (AvgIpc) is 3.09. The van der Waals surface area contributed by atoms with Crippen LogP contribution in [0, 0.1) is 13.8 Å². The second-order valence-electron chi connectivity index (χ2n) is 7.20. The van der Waals surface area contributed by atoms with Crippen LogP contribution in [0.3, 0.4) is 0 Å². The lowest BCUT2D eigenvalue weighted by Crippen LogP contribution is -2.10. The molecule has 3 aromatic rings. The first-order chi connectivity index (χ1) is 13.4. The Kier molecular flexibility index (Phi) is 4.77. The monoisotopic (exact) mass is 388 g/mol. The van der Waals surface area contributed by atoms with E-state index in [0.29, 0.717) is 10.3 Å². The number of nitrogens with zero attached hydrogens (tertiary/aromatic N) is 2. The smallest absolute Gasteiger partial charge is 0.240 e. The van der Waals surface area contributed by atoms with E-state index in [4.69, 9.17) is 0 Å². The summed E-state index contributed by atoms with van der Waals surface area (Å²) in [5, 5.41) is 9.94. The Morgan fingerprint density at radius 3 is 2.64 bits per heavy atom. The lowest BCUT2D eigenvalue weighted by Gasteiger charge is -2.15. The van der Waals surface area contributed by atoms with Crippen molar-refractivity contribution in [2.24, 2.45) is 10.2 Å². The number of hydrogen-bond acceptors (Lipinski definition) is 5. The summed E-state index contributed by atoms with van der Waals surface area (Å²) in [6, 6.07) is 13.2. The van der Waals surface area contributed by atoms with Crippen LogP contribution in [0.4, 0.5) is 0 Å². The van der Waals surface area contributed by atoms with E-state index in [1.54, 1.807) is 6.07 Å². The molecule has 0 aliphatic carbocycles. The van der Waals surface area contributed by atoms with Gasteiger partial charge in [-0.2, -0.15) is 10.2 Å². The molecule has 1 aliphatic rings. The number of ketones is 1. The number of Topliss-reactive ketones (excluding diaryl/α,β-unsaturated/α-hetero) is 1. The fourth-order valence-corrected chi connectivity index (χ4v) is 4.52. The summed E-state index contributed by atoms with van der Waals surface area (Å²) in [6.45, 7) is 5.98. The summed E-state index contributed by atoms with van der Waals surface area (Å²) in [4.78, 5) is 26.0. The van der Waals surface area contributed by atoms with Crippen LogP contribution in [-0.4, -0.2) is 5.78 Å². The Bertz CT molecular complexity index is 1220. The van der Waals surface area contributed by atoms with Gasteiger partial charge < -0.3 is 0 Å². The predicted molar refractivity (Wildman–Crippen MR) is 113 cm³/mol. The van der Waals surface area contributed by atoms with Crippen LogP contribution in [0.25, 0.3) is 10.8 Å². The van der Waals surface area contributed by atoms with Crippen molar-refractivity contribution in [2.45, 2.75) is 33.2 Å². The normalized spacial score (nSPS) is 15.8. The molecule has 0 N–H and O–H groups in total. The van der Waals surface area contributed by atoms with Gasteiger partial charge in [0, 0.05) is 11.8 Å². The number of rotatable bonds is 4. The van der Waals surface area contributed by atoms with Gasteiger partial charge in [0.05, 0.1) is 10.6 Å².